The molecule has 4 aromatic rings. The number of carbonyl (C=O) groups is 1. The number of rotatable bonds is 15. The van der Waals surface area contributed by atoms with Crippen LogP contribution in [-0.2, 0) is 30.9 Å². The van der Waals surface area contributed by atoms with Gasteiger partial charge in [0, 0.05) is 17.8 Å². The minimum atomic E-state index is -2.30. The quantitative estimate of drug-likeness (QED) is 0.0920. The first kappa shape index (κ1) is 37.9. The Morgan fingerprint density at radius 3 is 1.66 bits per heavy atom. The van der Waals surface area contributed by atoms with E-state index in [4.69, 9.17) is 13.9 Å². The van der Waals surface area contributed by atoms with E-state index in [2.05, 4.69) is 151 Å². The van der Waals surface area contributed by atoms with Crippen molar-refractivity contribution < 1.29 is 18.7 Å². The summed E-state index contributed by atoms with van der Waals surface area (Å²) in [6.45, 7) is 17.4. The summed E-state index contributed by atoms with van der Waals surface area (Å²) in [5.41, 5.74) is 2.98. The van der Waals surface area contributed by atoms with Gasteiger partial charge in [0.15, 0.2) is 8.32 Å². The lowest BCUT2D eigenvalue weighted by Gasteiger charge is -2.49. The van der Waals surface area contributed by atoms with Crippen LogP contribution >= 0.6 is 0 Å². The van der Waals surface area contributed by atoms with Gasteiger partial charge in [-0.05, 0) is 59.1 Å². The predicted octanol–water partition coefficient (Wildman–Crippen LogP) is 11.0. The second-order valence-electron chi connectivity index (χ2n) is 16.0. The molecule has 266 valence electrons. The molecule has 0 radical (unpaired) electrons. The molecule has 1 aliphatic carbocycles. The Kier molecular flexibility index (Phi) is 12.4. The molecule has 0 heterocycles. The fourth-order valence-electron chi connectivity index (χ4n) is 7.43. The molecule has 0 saturated heterocycles. The summed E-state index contributed by atoms with van der Waals surface area (Å²) in [6.07, 6.45) is 3.25. The van der Waals surface area contributed by atoms with E-state index in [1.54, 1.807) is 0 Å². The molecular formula is C45H58O4Si. The molecule has 1 saturated carbocycles. The van der Waals surface area contributed by atoms with E-state index in [9.17, 15) is 4.79 Å². The minimum Gasteiger partial charge on any atom is -0.411 e. The standard InChI is InChI=1S/C45H58O4Si/c1-35(44(5,40-30-20-21-31-41(40)46)34-47-32-36-22-12-8-13-23-36)42(49-50(6,7)43(2,3)4)33-48-45(37-24-14-9-15-25-37,38-26-16-10-17-27-38)39-28-18-11-19-29-39/h8-19,22-29,35,40,42H,20-21,30-34H2,1-7H3/t35-,40+,42-,44-/m1/s1. The van der Waals surface area contributed by atoms with Crippen LogP contribution in [0.5, 0.6) is 0 Å². The molecule has 4 atom stereocenters. The monoisotopic (exact) mass is 690 g/mol. The Balaban J connectivity index is 1.59. The van der Waals surface area contributed by atoms with E-state index >= 15 is 0 Å². The van der Waals surface area contributed by atoms with Crippen LogP contribution in [0.15, 0.2) is 121 Å². The van der Waals surface area contributed by atoms with Gasteiger partial charge in [0.05, 0.1) is 25.9 Å². The summed E-state index contributed by atoms with van der Waals surface area (Å²) < 4.78 is 21.5. The van der Waals surface area contributed by atoms with Gasteiger partial charge in [-0.2, -0.15) is 0 Å². The Bertz CT molecular complexity index is 1520. The lowest BCUT2D eigenvalue weighted by atomic mass is 9.62. The second-order valence-corrected chi connectivity index (χ2v) is 20.8. The topological polar surface area (TPSA) is 44.8 Å². The van der Waals surface area contributed by atoms with Gasteiger partial charge in [0.25, 0.3) is 0 Å². The molecule has 0 unspecified atom stereocenters. The van der Waals surface area contributed by atoms with Crippen molar-refractivity contribution in [3.05, 3.63) is 144 Å². The van der Waals surface area contributed by atoms with Crippen LogP contribution in [0.3, 0.4) is 0 Å². The highest BCUT2D eigenvalue weighted by molar-refractivity contribution is 6.74. The summed E-state index contributed by atoms with van der Waals surface area (Å²) in [5.74, 6) is 0.210. The molecule has 0 aromatic heterocycles. The van der Waals surface area contributed by atoms with Crippen LogP contribution in [0.4, 0.5) is 0 Å². The number of ether oxygens (including phenoxy) is 2. The van der Waals surface area contributed by atoms with Crippen LogP contribution in [0.1, 0.15) is 82.6 Å². The van der Waals surface area contributed by atoms with Crippen molar-refractivity contribution >= 4 is 14.1 Å². The molecule has 50 heavy (non-hydrogen) atoms. The summed E-state index contributed by atoms with van der Waals surface area (Å²) >= 11 is 0. The van der Waals surface area contributed by atoms with Crippen LogP contribution in [-0.4, -0.2) is 33.4 Å². The van der Waals surface area contributed by atoms with Gasteiger partial charge < -0.3 is 13.9 Å². The summed E-state index contributed by atoms with van der Waals surface area (Å²) in [6, 6.07) is 42.0. The van der Waals surface area contributed by atoms with Gasteiger partial charge in [-0.15, -0.1) is 0 Å². The summed E-state index contributed by atoms with van der Waals surface area (Å²) in [7, 11) is -2.30. The van der Waals surface area contributed by atoms with Gasteiger partial charge in [-0.1, -0.05) is 162 Å². The summed E-state index contributed by atoms with van der Waals surface area (Å²) in [4.78, 5) is 13.8. The number of carbonyl (C=O) groups excluding carboxylic acids is 1. The molecule has 1 fully saturated rings. The zero-order valence-electron chi connectivity index (χ0n) is 31.4. The molecule has 0 amide bonds. The Morgan fingerprint density at radius 2 is 1.20 bits per heavy atom. The van der Waals surface area contributed by atoms with Crippen LogP contribution in [0, 0.1) is 17.3 Å². The van der Waals surface area contributed by atoms with E-state index in [1.165, 1.54) is 0 Å². The first-order chi connectivity index (χ1) is 23.9. The van der Waals surface area contributed by atoms with Gasteiger partial charge in [-0.3, -0.25) is 4.79 Å². The van der Waals surface area contributed by atoms with Crippen LogP contribution in [0.25, 0.3) is 0 Å². The third-order valence-electron chi connectivity index (χ3n) is 11.7. The Labute approximate surface area is 302 Å². The number of Topliss-reactive ketones (excluding diaryl/α,β-unsaturated/α-hetero) is 1. The predicted molar refractivity (Wildman–Crippen MR) is 208 cm³/mol. The molecule has 1 aliphatic rings. The van der Waals surface area contributed by atoms with Crippen molar-refractivity contribution in [1.29, 1.82) is 0 Å². The first-order valence-corrected chi connectivity index (χ1v) is 21.4. The molecule has 0 bridgehead atoms. The van der Waals surface area contributed by atoms with E-state index in [-0.39, 0.29) is 23.0 Å². The number of ketones is 1. The van der Waals surface area contributed by atoms with Crippen molar-refractivity contribution in [2.24, 2.45) is 17.3 Å². The van der Waals surface area contributed by atoms with Gasteiger partial charge >= 0.3 is 0 Å². The normalized spacial score (nSPS) is 18.3. The van der Waals surface area contributed by atoms with Gasteiger partial charge in [-0.25, -0.2) is 0 Å². The van der Waals surface area contributed by atoms with E-state index in [1.807, 2.05) is 18.2 Å². The van der Waals surface area contributed by atoms with Crippen LogP contribution < -0.4 is 0 Å². The maximum Gasteiger partial charge on any atom is 0.192 e. The van der Waals surface area contributed by atoms with E-state index in [0.717, 1.165) is 41.5 Å². The second kappa shape index (κ2) is 16.3. The van der Waals surface area contributed by atoms with E-state index in [0.29, 0.717) is 32.0 Å². The Morgan fingerprint density at radius 1 is 0.720 bits per heavy atom. The van der Waals surface area contributed by atoms with Gasteiger partial charge in [0.1, 0.15) is 11.4 Å². The van der Waals surface area contributed by atoms with Crippen molar-refractivity contribution in [2.45, 2.75) is 96.7 Å². The number of hydrogen-bond donors (Lipinski definition) is 0. The fourth-order valence-corrected chi connectivity index (χ4v) is 8.81. The zero-order valence-corrected chi connectivity index (χ0v) is 32.4. The molecule has 5 rings (SSSR count). The largest absolute Gasteiger partial charge is 0.411 e. The molecule has 4 aromatic carbocycles. The average molecular weight is 691 g/mol. The molecule has 0 N–H and O–H groups in total. The number of benzene rings is 4. The lowest BCUT2D eigenvalue weighted by Crippen LogP contribution is -2.54. The minimum absolute atomic E-state index is 0.0127. The molecule has 0 spiro atoms. The number of hydrogen-bond acceptors (Lipinski definition) is 4. The molecule has 5 heteroatoms. The first-order valence-electron chi connectivity index (χ1n) is 18.5. The highest BCUT2D eigenvalue weighted by atomic mass is 28.4. The average Bonchev–Trinajstić information content (AvgIpc) is 3.12. The Hall–Kier alpha value is -3.35. The highest BCUT2D eigenvalue weighted by Gasteiger charge is 2.50. The van der Waals surface area contributed by atoms with Crippen molar-refractivity contribution in [3.8, 4) is 0 Å². The smallest absolute Gasteiger partial charge is 0.192 e. The van der Waals surface area contributed by atoms with Crippen molar-refractivity contribution in [3.63, 3.8) is 0 Å². The van der Waals surface area contributed by atoms with E-state index < -0.39 is 19.3 Å². The SMILES string of the molecule is C[C@H]([C@@H](COC(c1ccccc1)(c1ccccc1)c1ccccc1)O[Si](C)(C)C(C)(C)C)[C@@](C)(COCc1ccccc1)[C@H]1CCCCC1=O. The molecule has 0 aliphatic heterocycles. The third-order valence-corrected chi connectivity index (χ3v) is 16.2. The third kappa shape index (κ3) is 8.40. The lowest BCUT2D eigenvalue weighted by molar-refractivity contribution is -0.141. The highest BCUT2D eigenvalue weighted by Crippen LogP contribution is 2.48. The summed E-state index contributed by atoms with van der Waals surface area (Å²) in [5, 5.41) is -0.0127. The van der Waals surface area contributed by atoms with Gasteiger partial charge in [0.2, 0.25) is 0 Å². The maximum atomic E-state index is 13.8. The molecule has 4 nitrogen and oxygen atoms in total. The maximum absolute atomic E-state index is 13.8. The van der Waals surface area contributed by atoms with Crippen molar-refractivity contribution in [2.75, 3.05) is 13.2 Å². The van der Waals surface area contributed by atoms with Crippen molar-refractivity contribution in [1.82, 2.24) is 0 Å². The molecular weight excluding hydrogens is 633 g/mol. The van der Waals surface area contributed by atoms with Crippen LogP contribution in [0.2, 0.25) is 18.1 Å². The zero-order chi connectivity index (χ0) is 35.8. The fraction of sp³-hybridized carbons (Fsp3) is 0.444.